The van der Waals surface area contributed by atoms with E-state index in [1.807, 2.05) is 0 Å². The summed E-state index contributed by atoms with van der Waals surface area (Å²) in [4.78, 5) is 12.8. The number of alkyl halides is 2. The zero-order valence-corrected chi connectivity index (χ0v) is 16.5. The van der Waals surface area contributed by atoms with Crippen LogP contribution in [0.5, 0.6) is 5.88 Å². The van der Waals surface area contributed by atoms with Gasteiger partial charge in [-0.3, -0.25) is 5.10 Å². The van der Waals surface area contributed by atoms with Crippen molar-refractivity contribution in [3.05, 3.63) is 35.6 Å². The van der Waals surface area contributed by atoms with E-state index < -0.39 is 12.8 Å². The van der Waals surface area contributed by atoms with Gasteiger partial charge < -0.3 is 19.0 Å². The molecule has 9 nitrogen and oxygen atoms in total. The molecule has 4 heterocycles. The van der Waals surface area contributed by atoms with Gasteiger partial charge in [0.15, 0.2) is 5.82 Å². The van der Waals surface area contributed by atoms with Crippen LogP contribution < -0.4 is 4.74 Å². The average Bonchev–Trinajstić information content (AvgIpc) is 3.43. The summed E-state index contributed by atoms with van der Waals surface area (Å²) in [6, 6.07) is 1.72. The average molecular weight is 426 g/mol. The standard InChI is InChI=1S/C16H14ClF2N7O.CH4O/c1-25-9-5-8(17)16(27-2)22-12(9)13(26-4-3-20-7-26)14(25)15-21-11(23-24-15)6-10(18)19;1-2/h3-5,7,10H,6H2,1-2H3,(H,21,23,24);2H,1H3. The fourth-order valence-corrected chi connectivity index (χ4v) is 3.18. The number of rotatable bonds is 5. The summed E-state index contributed by atoms with van der Waals surface area (Å²) < 4.78 is 34.1. The third-order valence-corrected chi connectivity index (χ3v) is 4.39. The Bertz CT molecular complexity index is 1110. The number of halogens is 3. The number of pyridine rings is 1. The molecule has 0 radical (unpaired) electrons. The van der Waals surface area contributed by atoms with Crippen LogP contribution in [0.2, 0.25) is 5.02 Å². The molecule has 0 bridgehead atoms. The number of aromatic nitrogens is 7. The van der Waals surface area contributed by atoms with Gasteiger partial charge in [-0.1, -0.05) is 11.6 Å². The molecule has 4 rings (SSSR count). The van der Waals surface area contributed by atoms with Gasteiger partial charge in [-0.2, -0.15) is 5.10 Å². The number of fused-ring (bicyclic) bond motifs is 1. The maximum Gasteiger partial charge on any atom is 0.245 e. The topological polar surface area (TPSA) is 107 Å². The fraction of sp³-hybridized carbons (Fsp3) is 0.294. The van der Waals surface area contributed by atoms with E-state index in [2.05, 4.69) is 25.1 Å². The number of aliphatic hydroxyl groups excluding tert-OH is 1. The molecule has 0 atom stereocenters. The lowest BCUT2D eigenvalue weighted by molar-refractivity contribution is 0.146. The van der Waals surface area contributed by atoms with Gasteiger partial charge >= 0.3 is 0 Å². The molecule has 0 spiro atoms. The predicted octanol–water partition coefficient (Wildman–Crippen LogP) is 2.62. The van der Waals surface area contributed by atoms with Gasteiger partial charge in [0.1, 0.15) is 27.7 Å². The van der Waals surface area contributed by atoms with Crippen LogP contribution in [0.3, 0.4) is 0 Å². The summed E-state index contributed by atoms with van der Waals surface area (Å²) in [5.41, 5.74) is 2.52. The molecule has 0 amide bonds. The highest BCUT2D eigenvalue weighted by Crippen LogP contribution is 2.37. The van der Waals surface area contributed by atoms with Gasteiger partial charge in [0.25, 0.3) is 0 Å². The molecule has 0 aliphatic rings. The first-order chi connectivity index (χ1) is 14.0. The lowest BCUT2D eigenvalue weighted by Gasteiger charge is -2.04. The lowest BCUT2D eigenvalue weighted by atomic mass is 10.3. The lowest BCUT2D eigenvalue weighted by Crippen LogP contribution is -2.00. The number of nitrogens with one attached hydrogen (secondary N) is 1. The molecule has 0 unspecified atom stereocenters. The molecule has 29 heavy (non-hydrogen) atoms. The van der Waals surface area contributed by atoms with Gasteiger partial charge in [0, 0.05) is 26.6 Å². The summed E-state index contributed by atoms with van der Waals surface area (Å²) in [6.07, 6.45) is 1.95. The van der Waals surface area contributed by atoms with Crippen LogP contribution in [0.15, 0.2) is 24.8 Å². The van der Waals surface area contributed by atoms with E-state index >= 15 is 0 Å². The molecule has 0 aliphatic carbocycles. The minimum Gasteiger partial charge on any atom is -0.480 e. The number of ether oxygens (including phenoxy) is 1. The van der Waals surface area contributed by atoms with E-state index in [1.54, 1.807) is 41.0 Å². The van der Waals surface area contributed by atoms with Crippen LogP contribution in [-0.4, -0.2) is 60.0 Å². The zero-order valence-electron chi connectivity index (χ0n) is 15.8. The number of H-pyrrole nitrogens is 1. The summed E-state index contributed by atoms with van der Waals surface area (Å²) in [5.74, 6) is 0.645. The van der Waals surface area contributed by atoms with Crippen molar-refractivity contribution >= 4 is 22.6 Å². The summed E-state index contributed by atoms with van der Waals surface area (Å²) in [6.45, 7) is 0. The number of nitrogens with zero attached hydrogens (tertiary/aromatic N) is 6. The van der Waals surface area contributed by atoms with Crippen molar-refractivity contribution in [3.63, 3.8) is 0 Å². The number of aliphatic hydroxyl groups is 1. The van der Waals surface area contributed by atoms with E-state index in [4.69, 9.17) is 21.4 Å². The first kappa shape index (κ1) is 20.7. The van der Waals surface area contributed by atoms with Gasteiger partial charge in [0.05, 0.1) is 25.4 Å². The van der Waals surface area contributed by atoms with Crippen molar-refractivity contribution in [1.82, 2.24) is 34.3 Å². The molecule has 2 N–H and O–H groups in total. The van der Waals surface area contributed by atoms with Gasteiger partial charge in [-0.25, -0.2) is 23.7 Å². The van der Waals surface area contributed by atoms with Crippen LogP contribution >= 0.6 is 11.6 Å². The Balaban J connectivity index is 0.00000117. The Morgan fingerprint density at radius 3 is 2.69 bits per heavy atom. The molecule has 0 aromatic carbocycles. The second-order valence-electron chi connectivity index (χ2n) is 5.77. The largest absolute Gasteiger partial charge is 0.480 e. The molecule has 0 saturated heterocycles. The van der Waals surface area contributed by atoms with Crippen LogP contribution in [0, 0.1) is 0 Å². The Morgan fingerprint density at radius 2 is 2.07 bits per heavy atom. The minimum absolute atomic E-state index is 0.102. The maximum atomic E-state index is 12.7. The molecule has 4 aromatic heterocycles. The highest BCUT2D eigenvalue weighted by molar-refractivity contribution is 6.32. The van der Waals surface area contributed by atoms with Crippen LogP contribution in [-0.2, 0) is 13.5 Å². The first-order valence-corrected chi connectivity index (χ1v) is 8.73. The van der Waals surface area contributed by atoms with Crippen molar-refractivity contribution in [2.45, 2.75) is 12.8 Å². The molecule has 0 saturated carbocycles. The van der Waals surface area contributed by atoms with E-state index in [0.717, 1.165) is 7.11 Å². The van der Waals surface area contributed by atoms with Crippen LogP contribution in [0.25, 0.3) is 28.2 Å². The van der Waals surface area contributed by atoms with E-state index in [1.165, 1.54) is 7.11 Å². The molecule has 0 fully saturated rings. The maximum absolute atomic E-state index is 12.7. The number of hydrogen-bond acceptors (Lipinski definition) is 6. The van der Waals surface area contributed by atoms with Crippen molar-refractivity contribution in [2.75, 3.05) is 14.2 Å². The van der Waals surface area contributed by atoms with Crippen molar-refractivity contribution in [2.24, 2.45) is 7.05 Å². The number of aromatic amines is 1. The summed E-state index contributed by atoms with van der Waals surface area (Å²) >= 11 is 6.23. The molecule has 154 valence electrons. The van der Waals surface area contributed by atoms with Crippen molar-refractivity contribution in [3.8, 4) is 23.1 Å². The number of aryl methyl sites for hydroxylation is 1. The molecule has 4 aromatic rings. The smallest absolute Gasteiger partial charge is 0.245 e. The molecule has 12 heteroatoms. The van der Waals surface area contributed by atoms with Gasteiger partial charge in [-0.05, 0) is 6.07 Å². The molecular formula is C17H18ClF2N7O2. The normalized spacial score (nSPS) is 11.0. The van der Waals surface area contributed by atoms with Crippen LogP contribution in [0.4, 0.5) is 8.78 Å². The van der Waals surface area contributed by atoms with Gasteiger partial charge in [0.2, 0.25) is 12.3 Å². The Hall–Kier alpha value is -3.05. The summed E-state index contributed by atoms with van der Waals surface area (Å²) in [7, 11) is 4.28. The fourth-order valence-electron chi connectivity index (χ4n) is 2.96. The Labute approximate surface area is 168 Å². The molecular weight excluding hydrogens is 408 g/mol. The quantitative estimate of drug-likeness (QED) is 0.509. The first-order valence-electron chi connectivity index (χ1n) is 8.35. The second kappa shape index (κ2) is 8.53. The SMILES string of the molecule is CO.COc1nc2c(-n3ccnc3)c(-c3n[nH]c(CC(F)F)n3)n(C)c2cc1Cl. The monoisotopic (exact) mass is 425 g/mol. The van der Waals surface area contributed by atoms with Gasteiger partial charge in [-0.15, -0.1) is 0 Å². The second-order valence-corrected chi connectivity index (χ2v) is 6.18. The van der Waals surface area contributed by atoms with E-state index in [0.29, 0.717) is 27.4 Å². The highest BCUT2D eigenvalue weighted by atomic mass is 35.5. The summed E-state index contributed by atoms with van der Waals surface area (Å²) in [5, 5.41) is 14.0. The predicted molar refractivity (Wildman–Crippen MR) is 103 cm³/mol. The number of hydrogen-bond donors (Lipinski definition) is 2. The van der Waals surface area contributed by atoms with E-state index in [9.17, 15) is 8.78 Å². The Morgan fingerprint density at radius 1 is 1.31 bits per heavy atom. The minimum atomic E-state index is -2.52. The number of methoxy groups -OCH3 is 1. The number of imidazole rings is 1. The third kappa shape index (κ3) is 3.78. The highest BCUT2D eigenvalue weighted by Gasteiger charge is 2.24. The third-order valence-electron chi connectivity index (χ3n) is 4.12. The molecule has 0 aliphatic heterocycles. The van der Waals surface area contributed by atoms with Crippen molar-refractivity contribution in [1.29, 1.82) is 0 Å². The van der Waals surface area contributed by atoms with Crippen molar-refractivity contribution < 1.29 is 18.6 Å². The van der Waals surface area contributed by atoms with E-state index in [-0.39, 0.29) is 17.5 Å². The van der Waals surface area contributed by atoms with Crippen LogP contribution in [0.1, 0.15) is 5.82 Å². The zero-order chi connectivity index (χ0) is 21.1. The Kier molecular flexibility index (Phi) is 6.09.